The molecule has 0 bridgehead atoms. The monoisotopic (exact) mass is 240 g/mol. The van der Waals surface area contributed by atoms with Gasteiger partial charge in [-0.2, -0.15) is 0 Å². The number of piperidine rings is 1. The van der Waals surface area contributed by atoms with Crippen molar-refractivity contribution in [3.63, 3.8) is 0 Å². The van der Waals surface area contributed by atoms with Gasteiger partial charge < -0.3 is 16.0 Å². The van der Waals surface area contributed by atoms with Crippen molar-refractivity contribution >= 4 is 5.96 Å². The van der Waals surface area contributed by atoms with E-state index in [0.29, 0.717) is 12.0 Å². The van der Waals surface area contributed by atoms with Crippen LogP contribution >= 0.6 is 0 Å². The highest BCUT2D eigenvalue weighted by Gasteiger charge is 2.18. The summed E-state index contributed by atoms with van der Waals surface area (Å²) < 4.78 is 0. The zero-order valence-electron chi connectivity index (χ0n) is 11.8. The first-order chi connectivity index (χ1) is 7.90. The Morgan fingerprint density at radius 2 is 1.94 bits per heavy atom. The maximum Gasteiger partial charge on any atom is 0.189 e. The Balaban J connectivity index is 2.36. The first-order valence-corrected chi connectivity index (χ1v) is 6.74. The fraction of sp³-hybridized carbons (Fsp3) is 0.923. The Hall–Kier alpha value is -0.770. The standard InChI is InChI=1S/C13H28N4/c1-5-8-17-9-6-11(7-10-17)15-12(14)16-13(2,3)4/h11H,5-10H2,1-4H3,(H3,14,15,16). The number of hydrogen-bond donors (Lipinski definition) is 2. The average molecular weight is 240 g/mol. The highest BCUT2D eigenvalue weighted by Crippen LogP contribution is 2.13. The van der Waals surface area contributed by atoms with Gasteiger partial charge in [0.1, 0.15) is 0 Å². The SMILES string of the molecule is CCCN1CCC(N=C(N)NC(C)(C)C)CC1. The molecule has 0 unspecified atom stereocenters. The van der Waals surface area contributed by atoms with Crippen LogP contribution in [-0.4, -0.2) is 42.1 Å². The second kappa shape index (κ2) is 6.24. The lowest BCUT2D eigenvalue weighted by molar-refractivity contribution is 0.214. The second-order valence-corrected chi connectivity index (χ2v) is 5.96. The lowest BCUT2D eigenvalue weighted by Crippen LogP contribution is -2.46. The summed E-state index contributed by atoms with van der Waals surface area (Å²) in [4.78, 5) is 7.09. The van der Waals surface area contributed by atoms with E-state index < -0.39 is 0 Å². The Morgan fingerprint density at radius 3 is 2.41 bits per heavy atom. The molecular formula is C13H28N4. The number of rotatable bonds is 3. The van der Waals surface area contributed by atoms with Gasteiger partial charge in [-0.3, -0.25) is 4.99 Å². The fourth-order valence-corrected chi connectivity index (χ4v) is 2.20. The van der Waals surface area contributed by atoms with Gasteiger partial charge >= 0.3 is 0 Å². The molecule has 100 valence electrons. The number of nitrogens with one attached hydrogen (secondary N) is 1. The lowest BCUT2D eigenvalue weighted by atomic mass is 10.1. The molecule has 0 spiro atoms. The number of likely N-dealkylation sites (tertiary alicyclic amines) is 1. The molecular weight excluding hydrogens is 212 g/mol. The van der Waals surface area contributed by atoms with Gasteiger partial charge in [-0.25, -0.2) is 0 Å². The molecule has 1 aliphatic heterocycles. The lowest BCUT2D eigenvalue weighted by Gasteiger charge is -2.30. The summed E-state index contributed by atoms with van der Waals surface area (Å²) in [6.45, 7) is 12.1. The van der Waals surface area contributed by atoms with E-state index in [1.54, 1.807) is 0 Å². The summed E-state index contributed by atoms with van der Waals surface area (Å²) in [5.74, 6) is 0.589. The molecule has 4 heteroatoms. The molecule has 0 radical (unpaired) electrons. The van der Waals surface area contributed by atoms with Crippen molar-refractivity contribution in [3.05, 3.63) is 0 Å². The van der Waals surface area contributed by atoms with Gasteiger partial charge in [0.25, 0.3) is 0 Å². The van der Waals surface area contributed by atoms with E-state index in [-0.39, 0.29) is 5.54 Å². The molecule has 1 saturated heterocycles. The van der Waals surface area contributed by atoms with Gasteiger partial charge in [0.05, 0.1) is 6.04 Å². The molecule has 1 heterocycles. The largest absolute Gasteiger partial charge is 0.370 e. The van der Waals surface area contributed by atoms with Crippen LogP contribution in [0.25, 0.3) is 0 Å². The number of aliphatic imine (C=N–C) groups is 1. The topological polar surface area (TPSA) is 53.6 Å². The molecule has 1 aliphatic rings. The molecule has 17 heavy (non-hydrogen) atoms. The molecule has 3 N–H and O–H groups in total. The fourth-order valence-electron chi connectivity index (χ4n) is 2.20. The molecule has 0 amide bonds. The van der Waals surface area contributed by atoms with E-state index >= 15 is 0 Å². The van der Waals surface area contributed by atoms with Crippen LogP contribution in [0.4, 0.5) is 0 Å². The van der Waals surface area contributed by atoms with E-state index in [1.165, 1.54) is 13.0 Å². The van der Waals surface area contributed by atoms with Gasteiger partial charge in [0.15, 0.2) is 5.96 Å². The normalized spacial score (nSPS) is 20.6. The van der Waals surface area contributed by atoms with Crippen LogP contribution in [0.5, 0.6) is 0 Å². The van der Waals surface area contributed by atoms with Crippen LogP contribution in [0, 0.1) is 0 Å². The van der Waals surface area contributed by atoms with Crippen molar-refractivity contribution in [1.29, 1.82) is 0 Å². The van der Waals surface area contributed by atoms with Gasteiger partial charge in [-0.15, -0.1) is 0 Å². The van der Waals surface area contributed by atoms with Crippen LogP contribution < -0.4 is 11.1 Å². The van der Waals surface area contributed by atoms with Crippen molar-refractivity contribution in [1.82, 2.24) is 10.2 Å². The minimum atomic E-state index is -0.00348. The number of nitrogens with two attached hydrogens (primary N) is 1. The van der Waals surface area contributed by atoms with Crippen LogP contribution in [-0.2, 0) is 0 Å². The predicted molar refractivity (Wildman–Crippen MR) is 74.3 cm³/mol. The van der Waals surface area contributed by atoms with Crippen LogP contribution in [0.3, 0.4) is 0 Å². The van der Waals surface area contributed by atoms with E-state index in [1.807, 2.05) is 0 Å². The third kappa shape index (κ3) is 5.91. The predicted octanol–water partition coefficient (Wildman–Crippen LogP) is 1.56. The smallest absolute Gasteiger partial charge is 0.189 e. The zero-order chi connectivity index (χ0) is 12.9. The molecule has 0 aliphatic carbocycles. The van der Waals surface area contributed by atoms with E-state index in [9.17, 15) is 0 Å². The molecule has 0 aromatic heterocycles. The summed E-state index contributed by atoms with van der Waals surface area (Å²) in [5, 5.41) is 3.22. The van der Waals surface area contributed by atoms with Crippen LogP contribution in [0.1, 0.15) is 47.0 Å². The second-order valence-electron chi connectivity index (χ2n) is 5.96. The van der Waals surface area contributed by atoms with Crippen molar-refractivity contribution in [2.45, 2.75) is 58.5 Å². The summed E-state index contributed by atoms with van der Waals surface area (Å²) in [6.07, 6.45) is 3.50. The molecule has 0 aromatic rings. The van der Waals surface area contributed by atoms with E-state index in [4.69, 9.17) is 5.73 Å². The Labute approximate surface area is 106 Å². The third-order valence-electron chi connectivity index (χ3n) is 2.92. The van der Waals surface area contributed by atoms with E-state index in [0.717, 1.165) is 25.9 Å². The number of nitrogens with zero attached hydrogens (tertiary/aromatic N) is 2. The highest BCUT2D eigenvalue weighted by atomic mass is 15.2. The molecule has 4 nitrogen and oxygen atoms in total. The molecule has 1 rings (SSSR count). The summed E-state index contributed by atoms with van der Waals surface area (Å²) in [7, 11) is 0. The molecule has 1 fully saturated rings. The highest BCUT2D eigenvalue weighted by molar-refractivity contribution is 5.78. The van der Waals surface area contributed by atoms with Crippen molar-refractivity contribution in [3.8, 4) is 0 Å². The zero-order valence-corrected chi connectivity index (χ0v) is 11.8. The van der Waals surface area contributed by atoms with Gasteiger partial charge in [-0.05, 0) is 46.6 Å². The summed E-state index contributed by atoms with van der Waals surface area (Å²) in [5.41, 5.74) is 5.91. The van der Waals surface area contributed by atoms with Crippen molar-refractivity contribution in [2.75, 3.05) is 19.6 Å². The number of hydrogen-bond acceptors (Lipinski definition) is 2. The molecule has 0 saturated carbocycles. The quantitative estimate of drug-likeness (QED) is 0.581. The first kappa shape index (κ1) is 14.3. The summed E-state index contributed by atoms with van der Waals surface area (Å²) in [6, 6.07) is 0.401. The van der Waals surface area contributed by atoms with Gasteiger partial charge in [-0.1, -0.05) is 6.92 Å². The van der Waals surface area contributed by atoms with Crippen LogP contribution in [0.2, 0.25) is 0 Å². The van der Waals surface area contributed by atoms with Crippen molar-refractivity contribution in [2.24, 2.45) is 10.7 Å². The minimum absolute atomic E-state index is 0.00348. The number of guanidine groups is 1. The Kier molecular flexibility index (Phi) is 5.25. The Bertz CT molecular complexity index is 247. The Morgan fingerprint density at radius 1 is 1.35 bits per heavy atom. The van der Waals surface area contributed by atoms with Gasteiger partial charge in [0.2, 0.25) is 0 Å². The molecule has 0 aromatic carbocycles. The summed E-state index contributed by atoms with van der Waals surface area (Å²) >= 11 is 0. The van der Waals surface area contributed by atoms with Gasteiger partial charge in [0, 0.05) is 18.6 Å². The minimum Gasteiger partial charge on any atom is -0.370 e. The maximum absolute atomic E-state index is 5.91. The third-order valence-corrected chi connectivity index (χ3v) is 2.92. The molecule has 0 atom stereocenters. The average Bonchev–Trinajstić information content (AvgIpc) is 2.18. The van der Waals surface area contributed by atoms with E-state index in [2.05, 4.69) is 42.9 Å². The van der Waals surface area contributed by atoms with Crippen molar-refractivity contribution < 1.29 is 0 Å². The maximum atomic E-state index is 5.91. The van der Waals surface area contributed by atoms with Crippen LogP contribution in [0.15, 0.2) is 4.99 Å². The first-order valence-electron chi connectivity index (χ1n) is 6.74.